The van der Waals surface area contributed by atoms with E-state index >= 15 is 0 Å². The minimum absolute atomic E-state index is 0.0539. The molecule has 16 heavy (non-hydrogen) atoms. The lowest BCUT2D eigenvalue weighted by atomic mass is 10.2. The Hall–Kier alpha value is -2.17. The molecular weight excluding hydrogens is 206 g/mol. The number of aryl methyl sites for hydroxylation is 2. The first-order valence-electron chi connectivity index (χ1n) is 4.81. The number of pyridine rings is 1. The van der Waals surface area contributed by atoms with Gasteiger partial charge >= 0.3 is 5.97 Å². The summed E-state index contributed by atoms with van der Waals surface area (Å²) in [6.45, 7) is 3.54. The van der Waals surface area contributed by atoms with Crippen molar-refractivity contribution in [2.45, 2.75) is 13.8 Å². The molecule has 0 fully saturated rings. The van der Waals surface area contributed by atoms with Gasteiger partial charge in [-0.1, -0.05) is 0 Å². The molecule has 0 aliphatic heterocycles. The molecule has 2 rings (SSSR count). The summed E-state index contributed by atoms with van der Waals surface area (Å²) in [5.74, 6) is -0.484. The second kappa shape index (κ2) is 3.77. The summed E-state index contributed by atoms with van der Waals surface area (Å²) in [6.07, 6.45) is 1.69. The van der Waals surface area contributed by atoms with Gasteiger partial charge in [-0.3, -0.25) is 4.98 Å². The zero-order valence-electron chi connectivity index (χ0n) is 8.98. The third-order valence-electron chi connectivity index (χ3n) is 2.35. The first-order chi connectivity index (χ1) is 7.59. The normalized spacial score (nSPS) is 10.4. The molecule has 5 nitrogen and oxygen atoms in total. The number of aromatic nitrogens is 3. The van der Waals surface area contributed by atoms with E-state index in [1.165, 1.54) is 0 Å². The molecule has 0 unspecified atom stereocenters. The van der Waals surface area contributed by atoms with Crippen molar-refractivity contribution in [3.8, 4) is 11.4 Å². The molecule has 82 valence electrons. The molecule has 2 heterocycles. The van der Waals surface area contributed by atoms with E-state index in [9.17, 15) is 4.79 Å². The Morgan fingerprint density at radius 1 is 1.44 bits per heavy atom. The van der Waals surface area contributed by atoms with Gasteiger partial charge in [0.15, 0.2) is 5.69 Å². The molecule has 0 aromatic carbocycles. The van der Waals surface area contributed by atoms with Gasteiger partial charge < -0.3 is 10.1 Å². The standard InChI is InChI=1S/C11H11N3O2/c1-6-8(4-3-5-12-6)10-13-7(2)9(14-10)11(15)16/h3-5H,1-2H3,(H,13,14)(H,15,16). The topological polar surface area (TPSA) is 78.9 Å². The fraction of sp³-hybridized carbons (Fsp3) is 0.182. The smallest absolute Gasteiger partial charge is 0.356 e. The molecule has 0 bridgehead atoms. The van der Waals surface area contributed by atoms with Crippen LogP contribution in [0, 0.1) is 13.8 Å². The second-order valence-electron chi connectivity index (χ2n) is 3.50. The van der Waals surface area contributed by atoms with Gasteiger partial charge in [0.2, 0.25) is 0 Å². The summed E-state index contributed by atoms with van der Waals surface area (Å²) in [7, 11) is 0. The number of carbonyl (C=O) groups is 1. The molecule has 0 amide bonds. The summed E-state index contributed by atoms with van der Waals surface area (Å²) >= 11 is 0. The highest BCUT2D eigenvalue weighted by Gasteiger charge is 2.15. The zero-order chi connectivity index (χ0) is 11.7. The minimum Gasteiger partial charge on any atom is -0.476 e. The van der Waals surface area contributed by atoms with Crippen molar-refractivity contribution < 1.29 is 9.90 Å². The Labute approximate surface area is 92.2 Å². The third-order valence-corrected chi connectivity index (χ3v) is 2.35. The lowest BCUT2D eigenvalue weighted by molar-refractivity contribution is 0.0690. The number of hydrogen-bond donors (Lipinski definition) is 2. The van der Waals surface area contributed by atoms with Crippen LogP contribution in [-0.4, -0.2) is 26.0 Å². The fourth-order valence-corrected chi connectivity index (χ4v) is 1.53. The van der Waals surface area contributed by atoms with Gasteiger partial charge in [0.25, 0.3) is 0 Å². The van der Waals surface area contributed by atoms with Gasteiger partial charge in [0, 0.05) is 23.1 Å². The van der Waals surface area contributed by atoms with Gasteiger partial charge in [-0.05, 0) is 26.0 Å². The highest BCUT2D eigenvalue weighted by Crippen LogP contribution is 2.19. The van der Waals surface area contributed by atoms with E-state index in [4.69, 9.17) is 5.11 Å². The number of aromatic carboxylic acids is 1. The highest BCUT2D eigenvalue weighted by molar-refractivity contribution is 5.87. The van der Waals surface area contributed by atoms with Crippen LogP contribution in [0.15, 0.2) is 18.3 Å². The maximum Gasteiger partial charge on any atom is 0.356 e. The van der Waals surface area contributed by atoms with Crippen LogP contribution in [-0.2, 0) is 0 Å². The van der Waals surface area contributed by atoms with Gasteiger partial charge in [0.05, 0.1) is 0 Å². The predicted octanol–water partition coefficient (Wildman–Crippen LogP) is 1.79. The number of carboxylic acid groups (broad SMARTS) is 1. The number of rotatable bonds is 2. The molecule has 0 aliphatic carbocycles. The molecule has 0 radical (unpaired) electrons. The SMILES string of the molecule is Cc1ncccc1-c1nc(C(=O)O)c(C)[nH]1. The van der Waals surface area contributed by atoms with Crippen LogP contribution >= 0.6 is 0 Å². The highest BCUT2D eigenvalue weighted by atomic mass is 16.4. The number of hydrogen-bond acceptors (Lipinski definition) is 3. The molecule has 2 aromatic heterocycles. The first kappa shape index (κ1) is 10.4. The van der Waals surface area contributed by atoms with E-state index in [1.54, 1.807) is 19.2 Å². The van der Waals surface area contributed by atoms with Crippen LogP contribution in [0.25, 0.3) is 11.4 Å². The monoisotopic (exact) mass is 217 g/mol. The van der Waals surface area contributed by atoms with E-state index in [0.717, 1.165) is 11.3 Å². The maximum atomic E-state index is 10.9. The molecule has 0 aliphatic rings. The van der Waals surface area contributed by atoms with Crippen LogP contribution in [0.3, 0.4) is 0 Å². The van der Waals surface area contributed by atoms with Gasteiger partial charge in [0.1, 0.15) is 5.82 Å². The van der Waals surface area contributed by atoms with E-state index < -0.39 is 5.97 Å². The van der Waals surface area contributed by atoms with Gasteiger partial charge in [-0.2, -0.15) is 0 Å². The number of carboxylic acids is 1. The predicted molar refractivity (Wildman–Crippen MR) is 58.3 cm³/mol. The van der Waals surface area contributed by atoms with Gasteiger partial charge in [-0.15, -0.1) is 0 Å². The Kier molecular flexibility index (Phi) is 2.44. The Morgan fingerprint density at radius 3 is 2.75 bits per heavy atom. The van der Waals surface area contributed by atoms with Crippen molar-refractivity contribution >= 4 is 5.97 Å². The minimum atomic E-state index is -1.03. The largest absolute Gasteiger partial charge is 0.476 e. The summed E-state index contributed by atoms with van der Waals surface area (Å²) in [4.78, 5) is 22.0. The number of nitrogens with one attached hydrogen (secondary N) is 1. The van der Waals surface area contributed by atoms with Crippen molar-refractivity contribution in [3.05, 3.63) is 35.4 Å². The summed E-state index contributed by atoms with van der Waals surface area (Å²) < 4.78 is 0. The van der Waals surface area contributed by atoms with Crippen LogP contribution in [0.1, 0.15) is 21.9 Å². The summed E-state index contributed by atoms with van der Waals surface area (Å²) in [5.41, 5.74) is 2.23. The Balaban J connectivity index is 2.54. The average molecular weight is 217 g/mol. The third kappa shape index (κ3) is 1.67. The van der Waals surface area contributed by atoms with Gasteiger partial charge in [-0.25, -0.2) is 9.78 Å². The van der Waals surface area contributed by atoms with Crippen LogP contribution < -0.4 is 0 Å². The summed E-state index contributed by atoms with van der Waals surface area (Å²) in [5, 5.41) is 8.90. The van der Waals surface area contributed by atoms with E-state index in [1.807, 2.05) is 13.0 Å². The fourth-order valence-electron chi connectivity index (χ4n) is 1.53. The molecule has 0 saturated heterocycles. The molecule has 2 aromatic rings. The number of aromatic amines is 1. The van der Waals surface area contributed by atoms with E-state index in [-0.39, 0.29) is 5.69 Å². The lowest BCUT2D eigenvalue weighted by Gasteiger charge is -1.99. The molecule has 0 saturated carbocycles. The first-order valence-corrected chi connectivity index (χ1v) is 4.81. The summed E-state index contributed by atoms with van der Waals surface area (Å²) in [6, 6.07) is 3.65. The van der Waals surface area contributed by atoms with E-state index in [2.05, 4.69) is 15.0 Å². The van der Waals surface area contributed by atoms with Crippen molar-refractivity contribution in [2.24, 2.45) is 0 Å². The van der Waals surface area contributed by atoms with Crippen LogP contribution in [0.5, 0.6) is 0 Å². The van der Waals surface area contributed by atoms with Crippen molar-refractivity contribution in [3.63, 3.8) is 0 Å². The Bertz CT molecular complexity index is 546. The van der Waals surface area contributed by atoms with Crippen molar-refractivity contribution in [1.82, 2.24) is 15.0 Å². The zero-order valence-corrected chi connectivity index (χ0v) is 8.98. The van der Waals surface area contributed by atoms with Crippen LogP contribution in [0.2, 0.25) is 0 Å². The van der Waals surface area contributed by atoms with Crippen molar-refractivity contribution in [1.29, 1.82) is 0 Å². The Morgan fingerprint density at radius 2 is 2.19 bits per heavy atom. The van der Waals surface area contributed by atoms with Crippen LogP contribution in [0.4, 0.5) is 0 Å². The molecule has 2 N–H and O–H groups in total. The lowest BCUT2D eigenvalue weighted by Crippen LogP contribution is -1.98. The quantitative estimate of drug-likeness (QED) is 0.803. The van der Waals surface area contributed by atoms with Crippen molar-refractivity contribution in [2.75, 3.05) is 0 Å². The maximum absolute atomic E-state index is 10.9. The number of H-pyrrole nitrogens is 1. The molecule has 0 spiro atoms. The molecular formula is C11H11N3O2. The second-order valence-corrected chi connectivity index (χ2v) is 3.50. The van der Waals surface area contributed by atoms with E-state index in [0.29, 0.717) is 11.5 Å². The number of imidazole rings is 1. The average Bonchev–Trinajstić information content (AvgIpc) is 2.61. The number of nitrogens with zero attached hydrogens (tertiary/aromatic N) is 2. The molecule has 0 atom stereocenters. The molecule has 5 heteroatoms.